The summed E-state index contributed by atoms with van der Waals surface area (Å²) in [4.78, 5) is 0. The van der Waals surface area contributed by atoms with E-state index < -0.39 is 5.41 Å². The van der Waals surface area contributed by atoms with Gasteiger partial charge in [0.1, 0.15) is 23.0 Å². The summed E-state index contributed by atoms with van der Waals surface area (Å²) in [5, 5.41) is 0. The van der Waals surface area contributed by atoms with Crippen molar-refractivity contribution >= 4 is 11.4 Å². The summed E-state index contributed by atoms with van der Waals surface area (Å²) in [5.41, 5.74) is 26.9. The summed E-state index contributed by atoms with van der Waals surface area (Å²) in [6, 6.07) is 63.9. The lowest BCUT2D eigenvalue weighted by molar-refractivity contribution is 0.483. The molecular formula is C53H44N2O2. The number of nitrogen functional groups attached to an aromatic ring is 2. The molecule has 0 saturated carbocycles. The van der Waals surface area contributed by atoms with Crippen LogP contribution >= 0.6 is 0 Å². The highest BCUT2D eigenvalue weighted by Gasteiger charge is 2.46. The molecule has 0 amide bonds. The minimum absolute atomic E-state index is 0.676. The van der Waals surface area contributed by atoms with Crippen LogP contribution in [0.3, 0.4) is 0 Å². The molecule has 1 aliphatic rings. The fourth-order valence-corrected chi connectivity index (χ4v) is 8.57. The highest BCUT2D eigenvalue weighted by atomic mass is 16.5. The van der Waals surface area contributed by atoms with E-state index >= 15 is 0 Å². The third-order valence-electron chi connectivity index (χ3n) is 11.4. The topological polar surface area (TPSA) is 70.5 Å². The average Bonchev–Trinajstić information content (AvgIpc) is 3.57. The summed E-state index contributed by atoms with van der Waals surface area (Å²) in [6.45, 7) is 4.22. The van der Waals surface area contributed by atoms with Gasteiger partial charge in [-0.05, 0) is 129 Å². The van der Waals surface area contributed by atoms with Crippen LogP contribution in [0.1, 0.15) is 47.2 Å². The molecule has 278 valence electrons. The average molecular weight is 741 g/mol. The fraction of sp³-hybridized carbons (Fsp3) is 0.0943. The zero-order valence-corrected chi connectivity index (χ0v) is 32.2. The van der Waals surface area contributed by atoms with Crippen LogP contribution in [0.5, 0.6) is 23.0 Å². The van der Waals surface area contributed by atoms with Crippen molar-refractivity contribution in [1.29, 1.82) is 0 Å². The smallest absolute Gasteiger partial charge is 0.135 e. The number of fused-ring (bicyclic) bond motifs is 3. The van der Waals surface area contributed by atoms with Gasteiger partial charge in [0, 0.05) is 22.5 Å². The quantitative estimate of drug-likeness (QED) is 0.137. The van der Waals surface area contributed by atoms with Crippen LogP contribution in [0.2, 0.25) is 0 Å². The number of ether oxygens (including phenoxy) is 2. The molecule has 0 spiro atoms. The molecule has 4 N–H and O–H groups in total. The molecule has 0 bridgehead atoms. The van der Waals surface area contributed by atoms with Gasteiger partial charge in [-0.3, -0.25) is 0 Å². The number of nitrogens with two attached hydrogens (primary N) is 2. The van der Waals surface area contributed by atoms with Gasteiger partial charge >= 0.3 is 0 Å². The Morgan fingerprint density at radius 3 is 1.23 bits per heavy atom. The van der Waals surface area contributed by atoms with Crippen molar-refractivity contribution in [3.05, 3.63) is 215 Å². The van der Waals surface area contributed by atoms with Gasteiger partial charge in [0.05, 0.1) is 5.41 Å². The van der Waals surface area contributed by atoms with Gasteiger partial charge in [0.2, 0.25) is 0 Å². The number of benzene rings is 8. The number of rotatable bonds is 10. The van der Waals surface area contributed by atoms with E-state index in [0.29, 0.717) is 0 Å². The Hall–Kier alpha value is -7.04. The Balaban J connectivity index is 1.29. The standard InChI is InChI=1S/C53H44N2O2/c1-3-35-31-41(25-27-49(35)54)56-51-29-23-39(33-45(51)37-15-7-5-8-16-37)53(47-21-13-11-19-43(47)44-20-12-14-22-48(44)53)40-24-30-52(46(34-40)38-17-9-6-10-18-38)57-42-26-28-50(55)36(4-2)32-42/h5-34H,3-4,54-55H2,1-2H3. The largest absolute Gasteiger partial charge is 0.457 e. The number of anilines is 2. The van der Waals surface area contributed by atoms with Crippen LogP contribution in [0.4, 0.5) is 11.4 Å². The highest BCUT2D eigenvalue weighted by molar-refractivity contribution is 5.88. The van der Waals surface area contributed by atoms with Gasteiger partial charge < -0.3 is 20.9 Å². The second-order valence-corrected chi connectivity index (χ2v) is 14.6. The lowest BCUT2D eigenvalue weighted by atomic mass is 9.67. The minimum atomic E-state index is -0.676. The number of hydrogen-bond acceptors (Lipinski definition) is 4. The Kier molecular flexibility index (Phi) is 9.31. The van der Waals surface area contributed by atoms with E-state index in [0.717, 1.165) is 91.7 Å². The molecule has 0 fully saturated rings. The van der Waals surface area contributed by atoms with Gasteiger partial charge in [-0.25, -0.2) is 0 Å². The van der Waals surface area contributed by atoms with E-state index in [4.69, 9.17) is 20.9 Å². The third kappa shape index (κ3) is 6.30. The first-order valence-corrected chi connectivity index (χ1v) is 19.7. The van der Waals surface area contributed by atoms with E-state index in [9.17, 15) is 0 Å². The van der Waals surface area contributed by atoms with Crippen LogP contribution in [-0.2, 0) is 18.3 Å². The number of aryl methyl sites for hydroxylation is 2. The summed E-state index contributed by atoms with van der Waals surface area (Å²) < 4.78 is 13.5. The Morgan fingerprint density at radius 2 is 0.807 bits per heavy atom. The molecule has 9 rings (SSSR count). The van der Waals surface area contributed by atoms with Crippen molar-refractivity contribution in [3.63, 3.8) is 0 Å². The normalized spacial score (nSPS) is 12.5. The molecule has 8 aromatic carbocycles. The SMILES string of the molecule is CCc1cc(Oc2ccc(C3(c4ccc(Oc5ccc(N)c(CC)c5)c(-c5ccccc5)c4)c4ccccc4-c4ccccc43)cc2-c2ccccc2)ccc1N. The van der Waals surface area contributed by atoms with Crippen LogP contribution in [0, 0.1) is 0 Å². The summed E-state index contributed by atoms with van der Waals surface area (Å²) in [7, 11) is 0. The van der Waals surface area contributed by atoms with Crippen LogP contribution in [0.15, 0.2) is 182 Å². The van der Waals surface area contributed by atoms with E-state index in [1.807, 2.05) is 36.4 Å². The molecule has 8 aromatic rings. The molecule has 0 radical (unpaired) electrons. The monoisotopic (exact) mass is 740 g/mol. The predicted octanol–water partition coefficient (Wildman–Crippen LogP) is 13.3. The van der Waals surface area contributed by atoms with Crippen molar-refractivity contribution in [2.24, 2.45) is 0 Å². The van der Waals surface area contributed by atoms with E-state index in [1.54, 1.807) is 0 Å². The highest BCUT2D eigenvalue weighted by Crippen LogP contribution is 2.57. The van der Waals surface area contributed by atoms with Crippen molar-refractivity contribution in [2.45, 2.75) is 32.1 Å². The second-order valence-electron chi connectivity index (χ2n) is 14.6. The van der Waals surface area contributed by atoms with Gasteiger partial charge in [-0.1, -0.05) is 135 Å². The zero-order valence-electron chi connectivity index (χ0n) is 32.2. The molecule has 1 aliphatic carbocycles. The van der Waals surface area contributed by atoms with Crippen molar-refractivity contribution in [3.8, 4) is 56.4 Å². The minimum Gasteiger partial charge on any atom is -0.457 e. The van der Waals surface area contributed by atoms with Gasteiger partial charge in [0.15, 0.2) is 0 Å². The molecule has 57 heavy (non-hydrogen) atoms. The molecule has 4 nitrogen and oxygen atoms in total. The lowest BCUT2D eigenvalue weighted by Gasteiger charge is -2.35. The maximum atomic E-state index is 6.75. The fourth-order valence-electron chi connectivity index (χ4n) is 8.57. The predicted molar refractivity (Wildman–Crippen MR) is 235 cm³/mol. The Morgan fingerprint density at radius 1 is 0.404 bits per heavy atom. The molecule has 0 atom stereocenters. The molecule has 0 unspecified atom stereocenters. The van der Waals surface area contributed by atoms with E-state index in [2.05, 4.69) is 159 Å². The van der Waals surface area contributed by atoms with Gasteiger partial charge in [0.25, 0.3) is 0 Å². The number of hydrogen-bond donors (Lipinski definition) is 2. The van der Waals surface area contributed by atoms with Gasteiger partial charge in [-0.15, -0.1) is 0 Å². The Labute approximate surface area is 335 Å². The molecule has 4 heteroatoms. The molecular weight excluding hydrogens is 697 g/mol. The van der Waals surface area contributed by atoms with Crippen LogP contribution in [-0.4, -0.2) is 0 Å². The van der Waals surface area contributed by atoms with E-state index in [-0.39, 0.29) is 0 Å². The first kappa shape index (κ1) is 35.6. The van der Waals surface area contributed by atoms with Gasteiger partial charge in [-0.2, -0.15) is 0 Å². The summed E-state index contributed by atoms with van der Waals surface area (Å²) in [5.74, 6) is 3.06. The van der Waals surface area contributed by atoms with Crippen molar-refractivity contribution in [2.75, 3.05) is 11.5 Å². The Bertz CT molecular complexity index is 2550. The maximum Gasteiger partial charge on any atom is 0.135 e. The molecule has 0 saturated heterocycles. The molecule has 0 aromatic heterocycles. The first-order valence-electron chi connectivity index (χ1n) is 19.7. The van der Waals surface area contributed by atoms with E-state index in [1.165, 1.54) is 22.3 Å². The summed E-state index contributed by atoms with van der Waals surface area (Å²) >= 11 is 0. The van der Waals surface area contributed by atoms with Crippen LogP contribution < -0.4 is 20.9 Å². The van der Waals surface area contributed by atoms with Crippen molar-refractivity contribution < 1.29 is 9.47 Å². The molecule has 0 heterocycles. The zero-order chi connectivity index (χ0) is 38.9. The third-order valence-corrected chi connectivity index (χ3v) is 11.4. The lowest BCUT2D eigenvalue weighted by Crippen LogP contribution is -2.28. The van der Waals surface area contributed by atoms with Crippen LogP contribution in [0.25, 0.3) is 33.4 Å². The second kappa shape index (κ2) is 14.9. The molecule has 0 aliphatic heterocycles. The van der Waals surface area contributed by atoms with Crippen molar-refractivity contribution in [1.82, 2.24) is 0 Å². The first-order chi connectivity index (χ1) is 28.0. The maximum absolute atomic E-state index is 6.75. The summed E-state index contributed by atoms with van der Waals surface area (Å²) in [6.07, 6.45) is 1.65.